The molecule has 6 nitrogen and oxygen atoms in total. The number of aryl methyl sites for hydroxylation is 2. The van der Waals surface area contributed by atoms with Gasteiger partial charge in [0.1, 0.15) is 5.82 Å². The first kappa shape index (κ1) is 21.5. The molecule has 2 N–H and O–H groups in total. The van der Waals surface area contributed by atoms with E-state index in [9.17, 15) is 18.8 Å². The molecule has 164 valence electrons. The summed E-state index contributed by atoms with van der Waals surface area (Å²) in [5.74, 6) is -0.695. The molecule has 0 bridgehead atoms. The zero-order chi connectivity index (χ0) is 22.7. The molecule has 3 aromatic rings. The third kappa shape index (κ3) is 4.77. The number of hydrogen-bond acceptors (Lipinski definition) is 3. The monoisotopic (exact) mass is 433 g/mol. The van der Waals surface area contributed by atoms with Gasteiger partial charge in [-0.3, -0.25) is 14.4 Å². The van der Waals surface area contributed by atoms with Crippen molar-refractivity contribution in [2.75, 3.05) is 10.6 Å². The van der Waals surface area contributed by atoms with Crippen molar-refractivity contribution < 1.29 is 14.0 Å². The van der Waals surface area contributed by atoms with E-state index < -0.39 is 5.82 Å². The molecule has 2 heterocycles. The average molecular weight is 433 g/mol. The quantitative estimate of drug-likeness (QED) is 0.595. The van der Waals surface area contributed by atoms with Crippen LogP contribution in [0.5, 0.6) is 0 Å². The van der Waals surface area contributed by atoms with Crippen LogP contribution in [0.15, 0.2) is 59.5 Å². The maximum absolute atomic E-state index is 14.5. The number of anilines is 2. The number of carbonyl (C=O) groups excluding carboxylic acids is 2. The molecular formula is C25H24FN3O3. The molecule has 1 aliphatic rings. The Bertz CT molecular complexity index is 1250. The number of carbonyl (C=O) groups is 2. The SMILES string of the molecule is Cc1cccn(Cc2c(F)cccc2NC(=O)CCCc2ccc3c(c2)CC(=O)N3)c1=O. The van der Waals surface area contributed by atoms with Crippen molar-refractivity contribution in [3.8, 4) is 0 Å². The van der Waals surface area contributed by atoms with E-state index in [4.69, 9.17) is 0 Å². The van der Waals surface area contributed by atoms with Crippen LogP contribution in [0.4, 0.5) is 15.8 Å². The molecule has 0 fully saturated rings. The molecule has 32 heavy (non-hydrogen) atoms. The van der Waals surface area contributed by atoms with Crippen molar-refractivity contribution in [3.05, 3.63) is 93.2 Å². The van der Waals surface area contributed by atoms with Crippen LogP contribution in [0.1, 0.15) is 35.1 Å². The highest BCUT2D eigenvalue weighted by Crippen LogP contribution is 2.25. The summed E-state index contributed by atoms with van der Waals surface area (Å²) in [5, 5.41) is 5.60. The Kier molecular flexibility index (Phi) is 6.16. The third-order valence-electron chi connectivity index (χ3n) is 5.60. The lowest BCUT2D eigenvalue weighted by Crippen LogP contribution is -2.23. The molecule has 2 amide bonds. The van der Waals surface area contributed by atoms with E-state index in [1.54, 1.807) is 31.3 Å². The maximum atomic E-state index is 14.5. The Morgan fingerprint density at radius 3 is 2.84 bits per heavy atom. The van der Waals surface area contributed by atoms with E-state index in [1.807, 2.05) is 18.2 Å². The third-order valence-corrected chi connectivity index (χ3v) is 5.60. The highest BCUT2D eigenvalue weighted by Gasteiger charge is 2.17. The number of benzene rings is 2. The van der Waals surface area contributed by atoms with Gasteiger partial charge in [-0.05, 0) is 55.2 Å². The minimum atomic E-state index is -0.475. The van der Waals surface area contributed by atoms with Gasteiger partial charge in [0, 0.05) is 35.1 Å². The van der Waals surface area contributed by atoms with Crippen LogP contribution in [0, 0.1) is 12.7 Å². The van der Waals surface area contributed by atoms with Gasteiger partial charge < -0.3 is 15.2 Å². The molecule has 0 saturated heterocycles. The summed E-state index contributed by atoms with van der Waals surface area (Å²) in [6.45, 7) is 1.74. The van der Waals surface area contributed by atoms with Gasteiger partial charge in [-0.25, -0.2) is 4.39 Å². The Labute approximate surface area is 185 Å². The van der Waals surface area contributed by atoms with Crippen LogP contribution in [0.25, 0.3) is 0 Å². The largest absolute Gasteiger partial charge is 0.326 e. The molecule has 0 atom stereocenters. The second kappa shape index (κ2) is 9.18. The van der Waals surface area contributed by atoms with Gasteiger partial charge in [-0.2, -0.15) is 0 Å². The number of hydrogen-bond donors (Lipinski definition) is 2. The second-order valence-electron chi connectivity index (χ2n) is 8.01. The normalized spacial score (nSPS) is 12.4. The number of nitrogens with zero attached hydrogens (tertiary/aromatic N) is 1. The molecule has 1 aromatic heterocycles. The van der Waals surface area contributed by atoms with Crippen molar-refractivity contribution in [2.24, 2.45) is 0 Å². The molecule has 2 aromatic carbocycles. The first-order chi connectivity index (χ1) is 15.4. The Balaban J connectivity index is 1.39. The molecule has 7 heteroatoms. The molecule has 0 aliphatic carbocycles. The predicted octanol–water partition coefficient (Wildman–Crippen LogP) is 3.80. The van der Waals surface area contributed by atoms with Crippen LogP contribution in [-0.2, 0) is 29.0 Å². The summed E-state index contributed by atoms with van der Waals surface area (Å²) < 4.78 is 16.0. The number of nitrogens with one attached hydrogen (secondary N) is 2. The van der Waals surface area contributed by atoms with Crippen LogP contribution in [0.3, 0.4) is 0 Å². The number of halogens is 1. The first-order valence-corrected chi connectivity index (χ1v) is 10.6. The summed E-state index contributed by atoms with van der Waals surface area (Å²) in [6.07, 6.45) is 3.58. The summed E-state index contributed by atoms with van der Waals surface area (Å²) in [5.41, 5.74) is 3.91. The summed E-state index contributed by atoms with van der Waals surface area (Å²) in [6, 6.07) is 13.8. The highest BCUT2D eigenvalue weighted by atomic mass is 19.1. The van der Waals surface area contributed by atoms with Crippen molar-refractivity contribution >= 4 is 23.2 Å². The number of aromatic nitrogens is 1. The number of fused-ring (bicyclic) bond motifs is 1. The van der Waals surface area contributed by atoms with Crippen molar-refractivity contribution in [2.45, 2.75) is 39.2 Å². The van der Waals surface area contributed by atoms with Crippen molar-refractivity contribution in [3.63, 3.8) is 0 Å². The zero-order valence-corrected chi connectivity index (χ0v) is 17.8. The molecule has 0 unspecified atom stereocenters. The molecular weight excluding hydrogens is 409 g/mol. The number of pyridine rings is 1. The predicted molar refractivity (Wildman–Crippen MR) is 121 cm³/mol. The van der Waals surface area contributed by atoms with E-state index >= 15 is 0 Å². The molecule has 0 spiro atoms. The van der Waals surface area contributed by atoms with Gasteiger partial charge in [0.25, 0.3) is 5.56 Å². The summed E-state index contributed by atoms with van der Waals surface area (Å²) >= 11 is 0. The fourth-order valence-corrected chi connectivity index (χ4v) is 3.89. The van der Waals surface area contributed by atoms with Gasteiger partial charge in [-0.1, -0.05) is 24.3 Å². The summed E-state index contributed by atoms with van der Waals surface area (Å²) in [4.78, 5) is 36.3. The Morgan fingerprint density at radius 1 is 1.16 bits per heavy atom. The lowest BCUT2D eigenvalue weighted by Gasteiger charge is -2.14. The fourth-order valence-electron chi connectivity index (χ4n) is 3.89. The first-order valence-electron chi connectivity index (χ1n) is 10.6. The Hall–Kier alpha value is -3.74. The topological polar surface area (TPSA) is 80.2 Å². The highest BCUT2D eigenvalue weighted by molar-refractivity contribution is 5.99. The van der Waals surface area contributed by atoms with E-state index in [1.165, 1.54) is 16.7 Å². The number of rotatable bonds is 7. The standard InChI is InChI=1S/C25H24FN3O3/c1-16-5-4-12-29(25(16)32)15-19-20(26)7-3-8-22(19)28-23(30)9-2-6-17-10-11-21-18(13-17)14-24(31)27-21/h3-5,7-8,10-13H,2,6,9,14-15H2,1H3,(H,27,31)(H,28,30). The smallest absolute Gasteiger partial charge is 0.253 e. The molecule has 0 radical (unpaired) electrons. The van der Waals surface area contributed by atoms with Gasteiger partial charge in [0.15, 0.2) is 0 Å². The second-order valence-corrected chi connectivity index (χ2v) is 8.01. The minimum absolute atomic E-state index is 0.00430. The van der Waals surface area contributed by atoms with E-state index in [2.05, 4.69) is 10.6 Å². The van der Waals surface area contributed by atoms with Crippen LogP contribution in [0.2, 0.25) is 0 Å². The van der Waals surface area contributed by atoms with Gasteiger partial charge in [0.2, 0.25) is 11.8 Å². The molecule has 0 saturated carbocycles. The minimum Gasteiger partial charge on any atom is -0.326 e. The van der Waals surface area contributed by atoms with Crippen LogP contribution in [-0.4, -0.2) is 16.4 Å². The Morgan fingerprint density at radius 2 is 2.00 bits per heavy atom. The van der Waals surface area contributed by atoms with Gasteiger partial charge in [-0.15, -0.1) is 0 Å². The van der Waals surface area contributed by atoms with Crippen molar-refractivity contribution in [1.82, 2.24) is 4.57 Å². The maximum Gasteiger partial charge on any atom is 0.253 e. The lowest BCUT2D eigenvalue weighted by atomic mass is 10.0. The van der Waals surface area contributed by atoms with E-state index in [0.717, 1.165) is 16.8 Å². The number of amides is 2. The van der Waals surface area contributed by atoms with E-state index in [-0.39, 0.29) is 35.9 Å². The lowest BCUT2D eigenvalue weighted by molar-refractivity contribution is -0.116. The van der Waals surface area contributed by atoms with E-state index in [0.29, 0.717) is 30.5 Å². The van der Waals surface area contributed by atoms with Gasteiger partial charge >= 0.3 is 0 Å². The van der Waals surface area contributed by atoms with Gasteiger partial charge in [0.05, 0.1) is 13.0 Å². The fraction of sp³-hybridized carbons (Fsp3) is 0.240. The van der Waals surface area contributed by atoms with Crippen LogP contribution >= 0.6 is 0 Å². The van der Waals surface area contributed by atoms with Crippen molar-refractivity contribution in [1.29, 1.82) is 0 Å². The molecule has 1 aliphatic heterocycles. The zero-order valence-electron chi connectivity index (χ0n) is 17.8. The van der Waals surface area contributed by atoms with Crippen LogP contribution < -0.4 is 16.2 Å². The molecule has 4 rings (SSSR count). The summed E-state index contributed by atoms with van der Waals surface area (Å²) in [7, 11) is 0. The average Bonchev–Trinajstić information content (AvgIpc) is 3.13.